The van der Waals surface area contributed by atoms with Crippen LogP contribution < -0.4 is 0 Å². The van der Waals surface area contributed by atoms with Crippen LogP contribution in [0.5, 0.6) is 0 Å². The van der Waals surface area contributed by atoms with E-state index in [-0.39, 0.29) is 25.5 Å². The minimum atomic E-state index is -0.125. The van der Waals surface area contributed by atoms with Gasteiger partial charge in [-0.3, -0.25) is 0 Å². The molecule has 0 aliphatic rings. The van der Waals surface area contributed by atoms with Crippen LogP contribution in [0.3, 0.4) is 0 Å². The van der Waals surface area contributed by atoms with Gasteiger partial charge in [0, 0.05) is 46.2 Å². The molecular weight excluding hydrogens is 741 g/mol. The summed E-state index contributed by atoms with van der Waals surface area (Å²) in [4.78, 5) is 5.32. The van der Waals surface area contributed by atoms with Gasteiger partial charge >= 0.3 is 0 Å². The van der Waals surface area contributed by atoms with Gasteiger partial charge in [-0.2, -0.15) is 0 Å². The highest BCUT2D eigenvalue weighted by molar-refractivity contribution is 4.65. The molecule has 0 bridgehead atoms. The van der Waals surface area contributed by atoms with Crippen LogP contribution >= 0.6 is 0 Å². The van der Waals surface area contributed by atoms with E-state index in [2.05, 4.69) is 30.6 Å². The predicted octanol–water partition coefficient (Wildman–Crippen LogP) is 12.7. The zero-order valence-corrected chi connectivity index (χ0v) is 40.5. The van der Waals surface area contributed by atoms with E-state index in [0.717, 1.165) is 156 Å². The summed E-state index contributed by atoms with van der Waals surface area (Å²) in [5.74, 6) is 0. The number of aliphatic hydroxyl groups excluding tert-OH is 1. The number of unbranched alkanes of at least 4 members (excludes halogenated alkanes) is 20. The molecule has 0 aromatic rings. The van der Waals surface area contributed by atoms with Crippen LogP contribution in [0.1, 0.15) is 221 Å². The van der Waals surface area contributed by atoms with E-state index in [1.807, 2.05) is 20.8 Å². The Morgan fingerprint density at radius 1 is 0.288 bits per heavy atom. The van der Waals surface area contributed by atoms with Crippen molar-refractivity contribution in [2.75, 3.05) is 85.5 Å². The average molecular weight is 845 g/mol. The monoisotopic (exact) mass is 845 g/mol. The molecule has 0 aromatic carbocycles. The number of ether oxygens (including phenoxy) is 6. The van der Waals surface area contributed by atoms with Crippen molar-refractivity contribution in [3.05, 3.63) is 0 Å². The van der Waals surface area contributed by atoms with Gasteiger partial charge in [0.15, 0.2) is 18.9 Å². The maximum absolute atomic E-state index is 9.33. The van der Waals surface area contributed by atoms with Crippen LogP contribution in [0.25, 0.3) is 0 Å². The topological polar surface area (TPSA) is 82.1 Å². The van der Waals surface area contributed by atoms with Crippen molar-refractivity contribution >= 4 is 0 Å². The first-order chi connectivity index (χ1) is 29.0. The highest BCUT2D eigenvalue weighted by Crippen LogP contribution is 2.11. The lowest BCUT2D eigenvalue weighted by Gasteiger charge is -2.26. The summed E-state index contributed by atoms with van der Waals surface area (Å²) >= 11 is 0. The van der Waals surface area contributed by atoms with Crippen molar-refractivity contribution in [1.29, 1.82) is 0 Å². The Kier molecular flexibility index (Phi) is 48.4. The fraction of sp³-hybridized carbons (Fsp3) is 1.00. The Labute approximate surface area is 368 Å². The fourth-order valence-corrected chi connectivity index (χ4v) is 7.41. The number of aliphatic hydroxyl groups is 1. The van der Waals surface area contributed by atoms with Crippen molar-refractivity contribution in [3.8, 4) is 0 Å². The average Bonchev–Trinajstić information content (AvgIpc) is 3.23. The molecule has 3 atom stereocenters. The zero-order chi connectivity index (χ0) is 43.1. The molecule has 9 heteroatoms. The summed E-state index contributed by atoms with van der Waals surface area (Å²) in [5.41, 5.74) is 0. The molecule has 0 spiro atoms. The van der Waals surface area contributed by atoms with Gasteiger partial charge in [-0.25, -0.2) is 0 Å². The first-order valence-corrected chi connectivity index (χ1v) is 25.7. The van der Waals surface area contributed by atoms with Crippen LogP contribution in [0.4, 0.5) is 0 Å². The van der Waals surface area contributed by atoms with Crippen LogP contribution in [-0.2, 0) is 28.4 Å². The van der Waals surface area contributed by atoms with Crippen LogP contribution in [0, 0.1) is 0 Å². The Morgan fingerprint density at radius 2 is 0.508 bits per heavy atom. The lowest BCUT2D eigenvalue weighted by molar-refractivity contribution is -0.132. The molecule has 0 saturated carbocycles. The van der Waals surface area contributed by atoms with Gasteiger partial charge in [-0.05, 0) is 144 Å². The second-order valence-corrected chi connectivity index (χ2v) is 17.2. The Morgan fingerprint density at radius 3 is 0.797 bits per heavy atom. The molecule has 0 amide bonds. The van der Waals surface area contributed by atoms with Gasteiger partial charge in [0.05, 0.1) is 0 Å². The van der Waals surface area contributed by atoms with Crippen LogP contribution in [0.15, 0.2) is 0 Å². The van der Waals surface area contributed by atoms with Crippen molar-refractivity contribution in [2.45, 2.75) is 240 Å². The second-order valence-electron chi connectivity index (χ2n) is 17.2. The fourth-order valence-electron chi connectivity index (χ4n) is 7.41. The molecule has 3 unspecified atom stereocenters. The third-order valence-electron chi connectivity index (χ3n) is 11.3. The molecule has 0 radical (unpaired) electrons. The summed E-state index contributed by atoms with van der Waals surface area (Å²) in [7, 11) is 0. The Hall–Kier alpha value is -0.360. The lowest BCUT2D eigenvalue weighted by Crippen LogP contribution is -2.33. The maximum Gasteiger partial charge on any atom is 0.154 e. The lowest BCUT2D eigenvalue weighted by atomic mass is 10.1. The highest BCUT2D eigenvalue weighted by Gasteiger charge is 2.11. The number of hydrogen-bond acceptors (Lipinski definition) is 9. The minimum Gasteiger partial charge on any atom is -0.396 e. The molecule has 0 aromatic heterocycles. The second kappa shape index (κ2) is 48.7. The highest BCUT2D eigenvalue weighted by atomic mass is 16.7. The van der Waals surface area contributed by atoms with E-state index in [1.54, 1.807) is 0 Å². The van der Waals surface area contributed by atoms with Crippen molar-refractivity contribution < 1.29 is 33.5 Å². The summed E-state index contributed by atoms with van der Waals surface area (Å²) in [6.07, 6.45) is 33.5. The molecule has 0 fully saturated rings. The molecular formula is C50H104N2O7. The van der Waals surface area contributed by atoms with Gasteiger partial charge < -0.3 is 43.3 Å². The number of hydrogen-bond donors (Lipinski definition) is 1. The molecule has 0 rings (SSSR count). The largest absolute Gasteiger partial charge is 0.396 e. The Balaban J connectivity index is 4.70. The first kappa shape index (κ1) is 58.6. The van der Waals surface area contributed by atoms with Crippen LogP contribution in [0.2, 0.25) is 0 Å². The molecule has 0 aliphatic carbocycles. The van der Waals surface area contributed by atoms with Crippen LogP contribution in [-0.4, -0.2) is 119 Å². The smallest absolute Gasteiger partial charge is 0.154 e. The third kappa shape index (κ3) is 45.5. The summed E-state index contributed by atoms with van der Waals surface area (Å²) < 4.78 is 35.8. The summed E-state index contributed by atoms with van der Waals surface area (Å²) in [5, 5.41) is 9.33. The van der Waals surface area contributed by atoms with Crippen molar-refractivity contribution in [1.82, 2.24) is 9.80 Å². The van der Waals surface area contributed by atoms with E-state index < -0.39 is 0 Å². The molecule has 356 valence electrons. The van der Waals surface area contributed by atoms with Crippen molar-refractivity contribution in [2.24, 2.45) is 0 Å². The van der Waals surface area contributed by atoms with E-state index >= 15 is 0 Å². The number of rotatable bonds is 51. The predicted molar refractivity (Wildman–Crippen MR) is 250 cm³/mol. The van der Waals surface area contributed by atoms with Gasteiger partial charge in [0.1, 0.15) is 0 Å². The van der Waals surface area contributed by atoms with Crippen molar-refractivity contribution in [3.63, 3.8) is 0 Å². The van der Waals surface area contributed by atoms with E-state index in [0.29, 0.717) is 0 Å². The van der Waals surface area contributed by atoms with E-state index in [4.69, 9.17) is 28.4 Å². The zero-order valence-electron chi connectivity index (χ0n) is 40.5. The molecule has 0 heterocycles. The normalized spacial score (nSPS) is 13.6. The SMILES string of the molecule is CCCCCCCCOC(C)OCCCCN(CCCCCO)CCCN(CCCCOC(C)OCCCCCCCC)CCCCOC(C)OCCCCCCCC. The summed E-state index contributed by atoms with van der Waals surface area (Å²) in [6.45, 7) is 24.5. The maximum atomic E-state index is 9.33. The quantitative estimate of drug-likeness (QED) is 0.0475. The van der Waals surface area contributed by atoms with Gasteiger partial charge in [-0.15, -0.1) is 0 Å². The van der Waals surface area contributed by atoms with E-state index in [9.17, 15) is 5.11 Å². The third-order valence-corrected chi connectivity index (χ3v) is 11.3. The summed E-state index contributed by atoms with van der Waals surface area (Å²) in [6, 6.07) is 0. The molecule has 0 aliphatic heterocycles. The first-order valence-electron chi connectivity index (χ1n) is 25.7. The standard InChI is InChI=1S/C50H104N2O7/c1-7-10-13-16-19-28-42-54-48(4)57-45-31-24-36-51(35-23-22-27-41-53)39-34-40-52(37-25-32-46-58-49(5)55-43-29-20-17-14-11-8-2)38-26-33-47-59-50(6)56-44-30-21-18-15-12-9-3/h48-50,53H,7-47H2,1-6H3. The Bertz CT molecular complexity index is 748. The molecule has 59 heavy (non-hydrogen) atoms. The van der Waals surface area contributed by atoms with E-state index in [1.165, 1.54) is 103 Å². The molecule has 0 saturated heterocycles. The van der Waals surface area contributed by atoms with Gasteiger partial charge in [-0.1, -0.05) is 117 Å². The molecule has 1 N–H and O–H groups in total. The van der Waals surface area contributed by atoms with Gasteiger partial charge in [0.25, 0.3) is 0 Å². The minimum absolute atomic E-state index is 0.123. The number of nitrogens with zero attached hydrogens (tertiary/aromatic N) is 2. The van der Waals surface area contributed by atoms with Gasteiger partial charge in [0.2, 0.25) is 0 Å². The molecule has 9 nitrogen and oxygen atoms in total.